The Hall–Kier alpha value is -1.70. The number of ether oxygens (including phenoxy) is 1. The molecule has 0 aromatic heterocycles. The number of methoxy groups -OCH3 is 1. The molecule has 112 valence electrons. The van der Waals surface area contributed by atoms with Gasteiger partial charge in [0, 0.05) is 19.8 Å². The van der Waals surface area contributed by atoms with E-state index in [2.05, 4.69) is 4.74 Å². The largest absolute Gasteiger partial charge is 0.469 e. The van der Waals surface area contributed by atoms with Crippen LogP contribution in [-0.2, 0) is 19.1 Å². The maximum absolute atomic E-state index is 10.2. The van der Waals surface area contributed by atoms with Crippen molar-refractivity contribution in [3.8, 4) is 6.07 Å². The molecule has 0 aromatic rings. The topological polar surface area (TPSA) is 84.2 Å². The molecule has 0 saturated heterocycles. The third-order valence-electron chi connectivity index (χ3n) is 1.18. The summed E-state index contributed by atoms with van der Waals surface area (Å²) in [6.07, 6.45) is 2.07. The minimum Gasteiger partial charge on any atom is -0.469 e. The van der Waals surface area contributed by atoms with E-state index < -0.39 is 0 Å². The number of rotatable bonds is 3. The Morgan fingerprint density at radius 3 is 1.42 bits per heavy atom. The van der Waals surface area contributed by atoms with Crippen molar-refractivity contribution in [2.45, 2.75) is 60.8 Å². The average Bonchev–Trinajstić information content (AvgIpc) is 2.30. The lowest BCUT2D eigenvalue weighted by Crippen LogP contribution is -1.97. The van der Waals surface area contributed by atoms with E-state index in [1.54, 1.807) is 13.0 Å². The molecule has 0 radical (unpaired) electrons. The molecule has 0 aliphatic carbocycles. The van der Waals surface area contributed by atoms with Crippen molar-refractivity contribution < 1.29 is 19.1 Å². The second-order valence-electron chi connectivity index (χ2n) is 3.51. The van der Waals surface area contributed by atoms with E-state index in [1.807, 2.05) is 13.8 Å². The maximum Gasteiger partial charge on any atom is 0.305 e. The van der Waals surface area contributed by atoms with E-state index in [0.717, 1.165) is 6.42 Å². The minimum absolute atomic E-state index is 0.123. The van der Waals surface area contributed by atoms with Gasteiger partial charge in [0.15, 0.2) is 0 Å². The highest BCUT2D eigenvalue weighted by Crippen LogP contribution is 1.86. The molecule has 0 aliphatic rings. The van der Waals surface area contributed by atoms with Crippen LogP contribution in [0.3, 0.4) is 0 Å². The van der Waals surface area contributed by atoms with E-state index in [9.17, 15) is 14.4 Å². The van der Waals surface area contributed by atoms with Gasteiger partial charge in [0.05, 0.1) is 13.2 Å². The third kappa shape index (κ3) is 119. The smallest absolute Gasteiger partial charge is 0.305 e. The second-order valence-corrected chi connectivity index (χ2v) is 3.51. The number of Topliss-reactive ketones (excluding diaryl/α,β-unsaturated/α-hetero) is 2. The number of nitriles is 1. The van der Waals surface area contributed by atoms with E-state index >= 15 is 0 Å². The molecule has 0 fully saturated rings. The Morgan fingerprint density at radius 2 is 1.37 bits per heavy atom. The first-order valence-electron chi connectivity index (χ1n) is 6.07. The number of nitrogens with zero attached hydrogens (tertiary/aromatic N) is 1. The Bertz CT molecular complexity index is 263. The molecule has 0 aromatic carbocycles. The van der Waals surface area contributed by atoms with Crippen molar-refractivity contribution in [1.29, 1.82) is 5.26 Å². The van der Waals surface area contributed by atoms with Crippen LogP contribution in [-0.4, -0.2) is 24.6 Å². The summed E-state index contributed by atoms with van der Waals surface area (Å²) in [7, 11) is 1.40. The molecule has 0 heterocycles. The Kier molecular flexibility index (Phi) is 34.5. The molecule has 5 heteroatoms. The fourth-order valence-electron chi connectivity index (χ4n) is 0.306. The number of hydrogen-bond donors (Lipinski definition) is 0. The molecule has 0 bridgehead atoms. The monoisotopic (exact) mass is 273 g/mol. The van der Waals surface area contributed by atoms with Crippen molar-refractivity contribution in [3.05, 3.63) is 0 Å². The van der Waals surface area contributed by atoms with Crippen LogP contribution in [0.25, 0.3) is 0 Å². The van der Waals surface area contributed by atoms with Crippen LogP contribution in [0.5, 0.6) is 0 Å². The van der Waals surface area contributed by atoms with Crippen molar-refractivity contribution >= 4 is 17.5 Å². The van der Waals surface area contributed by atoms with Gasteiger partial charge in [-0.05, 0) is 27.2 Å². The minimum atomic E-state index is -0.123. The second kappa shape index (κ2) is 25.2. The Balaban J connectivity index is -0.0000000833. The third-order valence-corrected chi connectivity index (χ3v) is 1.18. The van der Waals surface area contributed by atoms with Gasteiger partial charge in [-0.3, -0.25) is 4.79 Å². The quantitative estimate of drug-likeness (QED) is 0.738. The lowest BCUT2D eigenvalue weighted by Gasteiger charge is -1.91. The summed E-state index contributed by atoms with van der Waals surface area (Å²) in [6, 6.07) is 1.75. The molecule has 0 unspecified atom stereocenters. The summed E-state index contributed by atoms with van der Waals surface area (Å²) in [5.41, 5.74) is 0. The van der Waals surface area contributed by atoms with Gasteiger partial charge in [-0.1, -0.05) is 13.8 Å². The molecule has 0 rings (SSSR count). The summed E-state index contributed by atoms with van der Waals surface area (Å²) in [5, 5.41) is 7.32. The number of carbonyl (C=O) groups excluding carboxylic acids is 3. The first-order valence-corrected chi connectivity index (χ1v) is 6.07. The molecule has 0 aliphatic heterocycles. The number of hydrogen-bond acceptors (Lipinski definition) is 5. The molecule has 0 spiro atoms. The highest BCUT2D eigenvalue weighted by molar-refractivity contribution is 5.74. The van der Waals surface area contributed by atoms with Crippen LogP contribution in [0.15, 0.2) is 0 Å². The van der Waals surface area contributed by atoms with Gasteiger partial charge >= 0.3 is 5.97 Å². The van der Waals surface area contributed by atoms with Crippen LogP contribution < -0.4 is 0 Å². The van der Waals surface area contributed by atoms with Gasteiger partial charge in [-0.2, -0.15) is 5.26 Å². The average molecular weight is 273 g/mol. The predicted octanol–water partition coefficient (Wildman–Crippen LogP) is 3.07. The standard InChI is InChI=1S/C5H10O2.C4H8O.C3H6O.C2H3N/c1-3-4-5(6)7-2;1-3-4(2)5;1-3(2)4;1-2-3/h3-4H2,1-2H3;3H2,1-2H3;1-2H3;1H3. The molecule has 5 nitrogen and oxygen atoms in total. The van der Waals surface area contributed by atoms with Gasteiger partial charge in [0.1, 0.15) is 11.6 Å². The highest BCUT2D eigenvalue weighted by atomic mass is 16.5. The molecule has 0 atom stereocenters. The summed E-state index contributed by atoms with van der Waals surface area (Å²) in [5.74, 6) is 0.299. The fraction of sp³-hybridized carbons (Fsp3) is 0.714. The summed E-state index contributed by atoms with van der Waals surface area (Å²) in [4.78, 5) is 29.4. The Morgan fingerprint density at radius 1 is 1.11 bits per heavy atom. The number of carbonyl (C=O) groups is 3. The van der Waals surface area contributed by atoms with Crippen molar-refractivity contribution in [3.63, 3.8) is 0 Å². The van der Waals surface area contributed by atoms with Gasteiger partial charge in [-0.15, -0.1) is 0 Å². The zero-order chi connectivity index (χ0) is 16.3. The van der Waals surface area contributed by atoms with Gasteiger partial charge in [-0.25, -0.2) is 0 Å². The normalized spacial score (nSPS) is 6.84. The summed E-state index contributed by atoms with van der Waals surface area (Å²) in [6.45, 7) is 9.86. The highest BCUT2D eigenvalue weighted by Gasteiger charge is 1.92. The van der Waals surface area contributed by atoms with Crippen LogP contribution in [0.1, 0.15) is 60.8 Å². The zero-order valence-electron chi connectivity index (χ0n) is 13.2. The molecular formula is C14H27NO4. The van der Waals surface area contributed by atoms with Gasteiger partial charge in [0.2, 0.25) is 0 Å². The number of esters is 1. The lowest BCUT2D eigenvalue weighted by molar-refractivity contribution is -0.140. The molecule has 0 amide bonds. The maximum atomic E-state index is 10.2. The van der Waals surface area contributed by atoms with Crippen LogP contribution in [0, 0.1) is 11.3 Å². The van der Waals surface area contributed by atoms with E-state index in [-0.39, 0.29) is 17.5 Å². The SMILES string of the molecule is CC#N.CC(C)=O.CCC(C)=O.CCCC(=O)OC. The van der Waals surface area contributed by atoms with E-state index in [0.29, 0.717) is 12.8 Å². The molecule has 0 N–H and O–H groups in total. The van der Waals surface area contributed by atoms with E-state index in [4.69, 9.17) is 5.26 Å². The zero-order valence-corrected chi connectivity index (χ0v) is 13.2. The van der Waals surface area contributed by atoms with Crippen LogP contribution in [0.4, 0.5) is 0 Å². The summed E-state index contributed by atoms with van der Waals surface area (Å²) >= 11 is 0. The molecule has 19 heavy (non-hydrogen) atoms. The van der Waals surface area contributed by atoms with E-state index in [1.165, 1.54) is 27.9 Å². The molecular weight excluding hydrogens is 246 g/mol. The number of ketones is 2. The van der Waals surface area contributed by atoms with Crippen LogP contribution >= 0.6 is 0 Å². The van der Waals surface area contributed by atoms with Crippen molar-refractivity contribution in [2.24, 2.45) is 0 Å². The molecule has 0 saturated carbocycles. The van der Waals surface area contributed by atoms with Crippen LogP contribution in [0.2, 0.25) is 0 Å². The first kappa shape index (κ1) is 26.0. The van der Waals surface area contributed by atoms with Gasteiger partial charge < -0.3 is 14.3 Å². The predicted molar refractivity (Wildman–Crippen MR) is 75.5 cm³/mol. The fourth-order valence-corrected chi connectivity index (χ4v) is 0.306. The summed E-state index contributed by atoms with van der Waals surface area (Å²) < 4.78 is 4.35. The Labute approximate surface area is 116 Å². The lowest BCUT2D eigenvalue weighted by atomic mass is 10.3. The van der Waals surface area contributed by atoms with Gasteiger partial charge in [0.25, 0.3) is 0 Å². The van der Waals surface area contributed by atoms with Crippen molar-refractivity contribution in [1.82, 2.24) is 0 Å². The first-order chi connectivity index (χ1) is 8.72. The van der Waals surface area contributed by atoms with Crippen molar-refractivity contribution in [2.75, 3.05) is 7.11 Å².